The molecule has 0 bridgehead atoms. The zero-order chi connectivity index (χ0) is 11.4. The molecular formula is C14H23O. The van der Waals surface area contributed by atoms with Gasteiger partial charge in [0.2, 0.25) is 6.29 Å². The molecule has 1 saturated carbocycles. The van der Waals surface area contributed by atoms with E-state index >= 15 is 0 Å². The molecule has 1 heteroatoms. The Morgan fingerprint density at radius 2 is 2.07 bits per heavy atom. The van der Waals surface area contributed by atoms with E-state index in [-0.39, 0.29) is 0 Å². The van der Waals surface area contributed by atoms with E-state index in [2.05, 4.69) is 26.8 Å². The number of allylic oxidation sites excluding steroid dienone is 2. The summed E-state index contributed by atoms with van der Waals surface area (Å²) in [4.78, 5) is 10.5. The number of carbonyl (C=O) groups excluding carboxylic acids is 1. The van der Waals surface area contributed by atoms with Gasteiger partial charge in [-0.05, 0) is 49.0 Å². The zero-order valence-electron chi connectivity index (χ0n) is 10.4. The van der Waals surface area contributed by atoms with Crippen LogP contribution in [0.25, 0.3) is 0 Å². The van der Waals surface area contributed by atoms with Crippen LogP contribution in [0.3, 0.4) is 0 Å². The molecule has 0 aliphatic heterocycles. The van der Waals surface area contributed by atoms with Gasteiger partial charge in [0.25, 0.3) is 0 Å². The predicted molar refractivity (Wildman–Crippen MR) is 64.3 cm³/mol. The Hall–Kier alpha value is -0.590. The first-order chi connectivity index (χ1) is 7.04. The lowest BCUT2D eigenvalue weighted by Crippen LogP contribution is -2.26. The smallest absolute Gasteiger partial charge is 0.228 e. The van der Waals surface area contributed by atoms with Gasteiger partial charge in [0.15, 0.2) is 0 Å². The van der Waals surface area contributed by atoms with Gasteiger partial charge in [0.05, 0.1) is 0 Å². The number of hydrogen-bond acceptors (Lipinski definition) is 1. The van der Waals surface area contributed by atoms with Crippen molar-refractivity contribution in [3.63, 3.8) is 0 Å². The molecule has 1 fully saturated rings. The van der Waals surface area contributed by atoms with E-state index in [1.807, 2.05) is 13.2 Å². The van der Waals surface area contributed by atoms with Crippen LogP contribution in [0, 0.1) is 23.7 Å². The highest BCUT2D eigenvalue weighted by atomic mass is 16.1. The molecule has 0 aromatic rings. The van der Waals surface area contributed by atoms with Gasteiger partial charge in [-0.25, -0.2) is 0 Å². The van der Waals surface area contributed by atoms with Crippen LogP contribution in [0.4, 0.5) is 0 Å². The van der Waals surface area contributed by atoms with Gasteiger partial charge >= 0.3 is 0 Å². The quantitative estimate of drug-likeness (QED) is 0.644. The molecule has 85 valence electrons. The van der Waals surface area contributed by atoms with Crippen molar-refractivity contribution in [3.05, 3.63) is 11.6 Å². The molecule has 3 atom stereocenters. The van der Waals surface area contributed by atoms with E-state index in [1.54, 1.807) is 0 Å². The van der Waals surface area contributed by atoms with Crippen LogP contribution in [0.2, 0.25) is 0 Å². The Morgan fingerprint density at radius 3 is 2.60 bits per heavy atom. The van der Waals surface area contributed by atoms with Gasteiger partial charge in [-0.3, -0.25) is 4.79 Å². The first kappa shape index (κ1) is 12.5. The summed E-state index contributed by atoms with van der Waals surface area (Å²) in [5.74, 6) is 2.87. The fourth-order valence-electron chi connectivity index (χ4n) is 2.82. The Balaban J connectivity index is 2.74. The Morgan fingerprint density at radius 1 is 1.40 bits per heavy atom. The molecule has 3 unspecified atom stereocenters. The largest absolute Gasteiger partial charge is 0.285 e. The molecule has 0 spiro atoms. The van der Waals surface area contributed by atoms with Crippen LogP contribution in [-0.2, 0) is 4.79 Å². The second-order valence-corrected chi connectivity index (χ2v) is 5.44. The summed E-state index contributed by atoms with van der Waals surface area (Å²) in [6.45, 7) is 8.77. The first-order valence-electron chi connectivity index (χ1n) is 6.11. The van der Waals surface area contributed by atoms with E-state index in [4.69, 9.17) is 0 Å². The van der Waals surface area contributed by atoms with Crippen LogP contribution in [0.5, 0.6) is 0 Å². The van der Waals surface area contributed by atoms with Crippen molar-refractivity contribution in [2.45, 2.75) is 47.0 Å². The Labute approximate surface area is 93.9 Å². The lowest BCUT2D eigenvalue weighted by molar-refractivity contribution is 0.178. The molecule has 0 aromatic heterocycles. The summed E-state index contributed by atoms with van der Waals surface area (Å²) in [7, 11) is 0. The van der Waals surface area contributed by atoms with E-state index < -0.39 is 0 Å². The summed E-state index contributed by atoms with van der Waals surface area (Å²) in [5, 5.41) is 0. The van der Waals surface area contributed by atoms with Crippen molar-refractivity contribution in [2.75, 3.05) is 0 Å². The Bertz CT molecular complexity index is 240. The second-order valence-electron chi connectivity index (χ2n) is 5.44. The van der Waals surface area contributed by atoms with Crippen molar-refractivity contribution < 1.29 is 4.79 Å². The van der Waals surface area contributed by atoms with Crippen LogP contribution >= 0.6 is 0 Å². The number of rotatable bonds is 3. The Kier molecular flexibility index (Phi) is 4.56. The molecule has 15 heavy (non-hydrogen) atoms. The van der Waals surface area contributed by atoms with Gasteiger partial charge < -0.3 is 0 Å². The standard InChI is InChI=1S/C14H23O/c1-10(2)14-6-5-11(3)7-13(14)8-12(4)9-15/h8,10-11,13-14H,5-7H2,1-4H3. The minimum atomic E-state index is 0.593. The summed E-state index contributed by atoms with van der Waals surface area (Å²) < 4.78 is 0. The highest BCUT2D eigenvalue weighted by molar-refractivity contribution is 5.72. The van der Waals surface area contributed by atoms with E-state index in [0.717, 1.165) is 23.3 Å². The summed E-state index contributed by atoms with van der Waals surface area (Å²) in [6.07, 6.45) is 8.04. The van der Waals surface area contributed by atoms with Crippen LogP contribution in [-0.4, -0.2) is 6.29 Å². The van der Waals surface area contributed by atoms with Gasteiger partial charge in [-0.15, -0.1) is 0 Å². The molecule has 1 aliphatic rings. The molecule has 0 heterocycles. The lowest BCUT2D eigenvalue weighted by atomic mass is 9.70. The average Bonchev–Trinajstić information content (AvgIpc) is 2.17. The van der Waals surface area contributed by atoms with Crippen molar-refractivity contribution in [1.82, 2.24) is 0 Å². The molecule has 1 radical (unpaired) electrons. The average molecular weight is 207 g/mol. The monoisotopic (exact) mass is 207 g/mol. The van der Waals surface area contributed by atoms with E-state index in [1.165, 1.54) is 19.3 Å². The van der Waals surface area contributed by atoms with Crippen molar-refractivity contribution in [3.8, 4) is 0 Å². The molecule has 0 N–H and O–H groups in total. The van der Waals surface area contributed by atoms with Crippen molar-refractivity contribution in [1.29, 1.82) is 0 Å². The molecular weight excluding hydrogens is 184 g/mol. The fourth-order valence-corrected chi connectivity index (χ4v) is 2.82. The first-order valence-corrected chi connectivity index (χ1v) is 6.11. The maximum Gasteiger partial charge on any atom is 0.228 e. The maximum absolute atomic E-state index is 10.5. The third-order valence-corrected chi connectivity index (χ3v) is 3.70. The van der Waals surface area contributed by atoms with Gasteiger partial charge in [0, 0.05) is 0 Å². The molecule has 0 saturated heterocycles. The highest BCUT2D eigenvalue weighted by Crippen LogP contribution is 2.38. The van der Waals surface area contributed by atoms with Gasteiger partial charge in [-0.2, -0.15) is 0 Å². The topological polar surface area (TPSA) is 17.1 Å². The summed E-state index contributed by atoms with van der Waals surface area (Å²) in [6, 6.07) is 0. The normalized spacial score (nSPS) is 33.1. The molecule has 1 aliphatic carbocycles. The zero-order valence-corrected chi connectivity index (χ0v) is 10.4. The molecule has 1 rings (SSSR count). The SMILES string of the molecule is CC([C]=O)=CC1CC(C)CCC1C(C)C. The van der Waals surface area contributed by atoms with E-state index in [0.29, 0.717) is 5.92 Å². The molecule has 1 nitrogen and oxygen atoms in total. The second kappa shape index (κ2) is 5.48. The molecule has 0 aromatic carbocycles. The highest BCUT2D eigenvalue weighted by Gasteiger charge is 2.29. The maximum atomic E-state index is 10.5. The van der Waals surface area contributed by atoms with Crippen LogP contribution in [0.1, 0.15) is 47.0 Å². The lowest BCUT2D eigenvalue weighted by Gasteiger charge is -2.36. The predicted octanol–water partition coefficient (Wildman–Crippen LogP) is 3.75. The third kappa shape index (κ3) is 3.48. The van der Waals surface area contributed by atoms with E-state index in [9.17, 15) is 4.79 Å². The fraction of sp³-hybridized carbons (Fsp3) is 0.786. The minimum Gasteiger partial charge on any atom is -0.285 e. The van der Waals surface area contributed by atoms with Crippen LogP contribution in [0.15, 0.2) is 11.6 Å². The van der Waals surface area contributed by atoms with Gasteiger partial charge in [-0.1, -0.05) is 33.3 Å². The third-order valence-electron chi connectivity index (χ3n) is 3.70. The summed E-state index contributed by atoms with van der Waals surface area (Å²) >= 11 is 0. The molecule has 0 amide bonds. The van der Waals surface area contributed by atoms with Gasteiger partial charge in [0.1, 0.15) is 0 Å². The minimum absolute atomic E-state index is 0.593. The van der Waals surface area contributed by atoms with Crippen LogP contribution < -0.4 is 0 Å². The van der Waals surface area contributed by atoms with Crippen molar-refractivity contribution in [2.24, 2.45) is 23.7 Å². The summed E-state index contributed by atoms with van der Waals surface area (Å²) in [5.41, 5.74) is 0.778. The number of hydrogen-bond donors (Lipinski definition) is 0. The van der Waals surface area contributed by atoms with Crippen molar-refractivity contribution >= 4 is 6.29 Å².